The average Bonchev–Trinajstić information content (AvgIpc) is 2.94. The lowest BCUT2D eigenvalue weighted by Gasteiger charge is -2.08. The second-order valence-corrected chi connectivity index (χ2v) is 5.81. The van der Waals surface area contributed by atoms with Gasteiger partial charge >= 0.3 is 5.97 Å². The van der Waals surface area contributed by atoms with Crippen LogP contribution in [0.15, 0.2) is 35.3 Å². The van der Waals surface area contributed by atoms with Crippen LogP contribution in [0.4, 0.5) is 0 Å². The molecule has 124 valence electrons. The first-order valence-electron chi connectivity index (χ1n) is 7.50. The number of aliphatic hydroxyl groups is 1. The van der Waals surface area contributed by atoms with Crippen molar-refractivity contribution in [1.29, 1.82) is 0 Å². The molecule has 3 rings (SSSR count). The number of benzene rings is 1. The molecule has 1 atom stereocenters. The predicted octanol–water partition coefficient (Wildman–Crippen LogP) is 1.62. The van der Waals surface area contributed by atoms with Crippen molar-refractivity contribution in [3.63, 3.8) is 0 Å². The number of nitrogens with zero attached hydrogens (tertiary/aromatic N) is 2. The number of aromatic nitrogens is 3. The number of aryl methyl sites for hydroxylation is 1. The molecule has 2 heterocycles. The van der Waals surface area contributed by atoms with Gasteiger partial charge in [0.15, 0.2) is 11.3 Å². The Morgan fingerprint density at radius 3 is 2.58 bits per heavy atom. The lowest BCUT2D eigenvalue weighted by atomic mass is 10.1. The fourth-order valence-electron chi connectivity index (χ4n) is 2.65. The van der Waals surface area contributed by atoms with E-state index in [2.05, 4.69) is 10.1 Å². The van der Waals surface area contributed by atoms with Crippen LogP contribution in [-0.2, 0) is 6.42 Å². The largest absolute Gasteiger partial charge is 0.476 e. The highest BCUT2D eigenvalue weighted by Gasteiger charge is 2.22. The zero-order chi connectivity index (χ0) is 17.4. The Kier molecular flexibility index (Phi) is 3.94. The Balaban J connectivity index is 2.28. The molecular formula is C17H17N3O4. The molecule has 0 radical (unpaired) electrons. The Bertz CT molecular complexity index is 968. The highest BCUT2D eigenvalue weighted by atomic mass is 16.4. The number of hydrogen-bond acceptors (Lipinski definition) is 4. The standard InChI is InChI=1S/C17H17N3O4/c1-9-3-5-11(6-4-9)13-8-18-20-15(13)19-14(17(23)24)12(16(20)22)7-10(2)21/h3-6,8,10,18,21H,7H2,1-2H3,(H,23,24). The number of nitrogens with one attached hydrogen (secondary N) is 1. The first kappa shape index (κ1) is 15.9. The number of carbonyl (C=O) groups is 1. The highest BCUT2D eigenvalue weighted by Crippen LogP contribution is 2.23. The fourth-order valence-corrected chi connectivity index (χ4v) is 2.65. The topological polar surface area (TPSA) is 108 Å². The van der Waals surface area contributed by atoms with Gasteiger partial charge in [-0.25, -0.2) is 14.3 Å². The molecule has 0 aliphatic heterocycles. The van der Waals surface area contributed by atoms with E-state index in [0.29, 0.717) is 5.56 Å². The van der Waals surface area contributed by atoms with Gasteiger partial charge in [-0.1, -0.05) is 29.8 Å². The first-order valence-corrected chi connectivity index (χ1v) is 7.50. The van der Waals surface area contributed by atoms with Crippen LogP contribution in [0.1, 0.15) is 28.5 Å². The molecule has 0 aliphatic rings. The van der Waals surface area contributed by atoms with Crippen molar-refractivity contribution in [2.45, 2.75) is 26.4 Å². The van der Waals surface area contributed by atoms with Gasteiger partial charge in [0.05, 0.1) is 11.7 Å². The molecule has 3 N–H and O–H groups in total. The van der Waals surface area contributed by atoms with E-state index in [1.54, 1.807) is 6.20 Å². The third-order valence-electron chi connectivity index (χ3n) is 3.82. The van der Waals surface area contributed by atoms with E-state index >= 15 is 0 Å². The lowest BCUT2D eigenvalue weighted by Crippen LogP contribution is -2.27. The minimum absolute atomic E-state index is 0.0210. The number of aromatic carboxylic acids is 1. The zero-order valence-corrected chi connectivity index (χ0v) is 13.3. The maximum Gasteiger partial charge on any atom is 0.355 e. The summed E-state index contributed by atoms with van der Waals surface area (Å²) in [4.78, 5) is 28.3. The summed E-state index contributed by atoms with van der Waals surface area (Å²) in [6, 6.07) is 7.62. The highest BCUT2D eigenvalue weighted by molar-refractivity contribution is 5.89. The minimum Gasteiger partial charge on any atom is -0.476 e. The van der Waals surface area contributed by atoms with Crippen molar-refractivity contribution in [3.8, 4) is 11.1 Å². The average molecular weight is 327 g/mol. The molecule has 1 aromatic carbocycles. The number of hydrogen-bond donors (Lipinski definition) is 3. The summed E-state index contributed by atoms with van der Waals surface area (Å²) < 4.78 is 1.21. The molecule has 0 aliphatic carbocycles. The second kappa shape index (κ2) is 5.93. The lowest BCUT2D eigenvalue weighted by molar-refractivity contribution is 0.0688. The molecule has 0 spiro atoms. The van der Waals surface area contributed by atoms with Gasteiger partial charge in [0.2, 0.25) is 0 Å². The third-order valence-corrected chi connectivity index (χ3v) is 3.82. The van der Waals surface area contributed by atoms with Gasteiger partial charge in [0, 0.05) is 18.2 Å². The van der Waals surface area contributed by atoms with Crippen molar-refractivity contribution in [3.05, 3.63) is 57.6 Å². The maximum absolute atomic E-state index is 12.6. The summed E-state index contributed by atoms with van der Waals surface area (Å²) in [5.41, 5.74) is 1.94. The number of carboxylic acids is 1. The maximum atomic E-state index is 12.6. The Morgan fingerprint density at radius 1 is 1.33 bits per heavy atom. The van der Waals surface area contributed by atoms with Gasteiger partial charge in [-0.3, -0.25) is 9.89 Å². The summed E-state index contributed by atoms with van der Waals surface area (Å²) in [6.07, 6.45) is 0.698. The van der Waals surface area contributed by atoms with Crippen molar-refractivity contribution in [1.82, 2.24) is 14.6 Å². The molecule has 7 nitrogen and oxygen atoms in total. The van der Waals surface area contributed by atoms with Gasteiger partial charge in [-0.05, 0) is 19.4 Å². The van der Waals surface area contributed by atoms with Gasteiger partial charge in [-0.2, -0.15) is 0 Å². The first-order chi connectivity index (χ1) is 11.4. The molecular weight excluding hydrogens is 310 g/mol. The van der Waals surface area contributed by atoms with E-state index < -0.39 is 17.6 Å². The summed E-state index contributed by atoms with van der Waals surface area (Å²) in [6.45, 7) is 3.46. The number of H-pyrrole nitrogens is 1. The monoisotopic (exact) mass is 327 g/mol. The minimum atomic E-state index is -1.29. The van der Waals surface area contributed by atoms with E-state index in [1.165, 1.54) is 11.4 Å². The van der Waals surface area contributed by atoms with Crippen LogP contribution in [0.3, 0.4) is 0 Å². The van der Waals surface area contributed by atoms with Crippen molar-refractivity contribution in [2.24, 2.45) is 0 Å². The van der Waals surface area contributed by atoms with Crippen molar-refractivity contribution >= 4 is 11.6 Å². The van der Waals surface area contributed by atoms with E-state index in [0.717, 1.165) is 11.1 Å². The van der Waals surface area contributed by atoms with Crippen LogP contribution in [0.25, 0.3) is 16.8 Å². The molecule has 2 aromatic heterocycles. The number of rotatable bonds is 4. The zero-order valence-electron chi connectivity index (χ0n) is 13.3. The molecule has 0 amide bonds. The van der Waals surface area contributed by atoms with E-state index in [-0.39, 0.29) is 23.3 Å². The van der Waals surface area contributed by atoms with Crippen LogP contribution in [0.2, 0.25) is 0 Å². The number of aliphatic hydroxyl groups excluding tert-OH is 1. The van der Waals surface area contributed by atoms with E-state index in [4.69, 9.17) is 0 Å². The molecule has 0 bridgehead atoms. The van der Waals surface area contributed by atoms with Gasteiger partial charge in [0.1, 0.15) is 0 Å². The van der Waals surface area contributed by atoms with Gasteiger partial charge < -0.3 is 10.2 Å². The molecule has 1 unspecified atom stereocenters. The Hall–Kier alpha value is -2.93. The Morgan fingerprint density at radius 2 is 2.00 bits per heavy atom. The van der Waals surface area contributed by atoms with Crippen molar-refractivity contribution < 1.29 is 15.0 Å². The number of carboxylic acid groups (broad SMARTS) is 1. The van der Waals surface area contributed by atoms with Crippen LogP contribution in [-0.4, -0.2) is 36.9 Å². The summed E-state index contributed by atoms with van der Waals surface area (Å²) in [5.74, 6) is -1.29. The van der Waals surface area contributed by atoms with Crippen LogP contribution in [0, 0.1) is 6.92 Å². The van der Waals surface area contributed by atoms with E-state index in [1.807, 2.05) is 31.2 Å². The molecule has 24 heavy (non-hydrogen) atoms. The van der Waals surface area contributed by atoms with Gasteiger partial charge in [0.25, 0.3) is 5.56 Å². The fraction of sp³-hybridized carbons (Fsp3) is 0.235. The third kappa shape index (κ3) is 2.69. The molecule has 3 aromatic rings. The molecule has 0 fully saturated rings. The number of aromatic amines is 1. The Labute approximate surface area is 137 Å². The molecule has 0 saturated heterocycles. The number of fused-ring (bicyclic) bond motifs is 1. The van der Waals surface area contributed by atoms with Crippen LogP contribution < -0.4 is 5.56 Å². The molecule has 7 heteroatoms. The van der Waals surface area contributed by atoms with Crippen molar-refractivity contribution in [2.75, 3.05) is 0 Å². The van der Waals surface area contributed by atoms with Crippen LogP contribution >= 0.6 is 0 Å². The molecule has 0 saturated carbocycles. The second-order valence-electron chi connectivity index (χ2n) is 5.81. The summed E-state index contributed by atoms with van der Waals surface area (Å²) in [5, 5.41) is 21.8. The SMILES string of the molecule is Cc1ccc(-c2c[nH]n3c(=O)c(CC(C)O)c(C(=O)O)nc23)cc1. The summed E-state index contributed by atoms with van der Waals surface area (Å²) >= 11 is 0. The predicted molar refractivity (Wildman–Crippen MR) is 88.3 cm³/mol. The summed E-state index contributed by atoms with van der Waals surface area (Å²) in [7, 11) is 0. The van der Waals surface area contributed by atoms with Gasteiger partial charge in [-0.15, -0.1) is 0 Å². The van der Waals surface area contributed by atoms with E-state index in [9.17, 15) is 19.8 Å². The van der Waals surface area contributed by atoms with Crippen LogP contribution in [0.5, 0.6) is 0 Å². The quantitative estimate of drug-likeness (QED) is 0.675. The normalized spacial score (nSPS) is 12.5. The smallest absolute Gasteiger partial charge is 0.355 e.